The minimum atomic E-state index is -0.779. The second kappa shape index (κ2) is 7.23. The Morgan fingerprint density at radius 2 is 1.53 bits per heavy atom. The first-order valence-electron chi connectivity index (χ1n) is 10.2. The summed E-state index contributed by atoms with van der Waals surface area (Å²) in [6.45, 7) is 0. The van der Waals surface area contributed by atoms with Gasteiger partial charge in [-0.25, -0.2) is 13.5 Å². The van der Waals surface area contributed by atoms with Crippen LogP contribution in [0.3, 0.4) is 0 Å². The molecule has 5 rings (SSSR count). The minimum absolute atomic E-state index is 0.261. The molecular weight excluding hydrogens is 418 g/mol. The topological polar surface area (TPSA) is 78.7 Å². The van der Waals surface area contributed by atoms with Crippen molar-refractivity contribution in [3.63, 3.8) is 0 Å². The third kappa shape index (κ3) is 2.77. The fraction of sp³-hybridized carbons (Fsp3) is 0.261. The van der Waals surface area contributed by atoms with E-state index in [0.29, 0.717) is 35.1 Å². The van der Waals surface area contributed by atoms with Crippen LogP contribution in [0.25, 0.3) is 0 Å². The third-order valence-corrected chi connectivity index (χ3v) is 6.49. The Morgan fingerprint density at radius 1 is 0.969 bits per heavy atom. The first-order valence-corrected chi connectivity index (χ1v) is 10.2. The maximum atomic E-state index is 14.9. The number of carbonyl (C=O) groups excluding carboxylic acids is 1. The number of fused-ring (bicyclic) bond motifs is 3. The number of carbonyl (C=O) groups is 1. The quantitative estimate of drug-likeness (QED) is 0.632. The van der Waals surface area contributed by atoms with Crippen molar-refractivity contribution >= 4 is 5.91 Å². The molecule has 1 amide bonds. The number of amides is 1. The van der Waals surface area contributed by atoms with Gasteiger partial charge in [-0.1, -0.05) is 24.3 Å². The summed E-state index contributed by atoms with van der Waals surface area (Å²) in [4.78, 5) is 24.9. The molecule has 1 N–H and O–H groups in total. The zero-order valence-corrected chi connectivity index (χ0v) is 17.4. The van der Waals surface area contributed by atoms with Gasteiger partial charge >= 0.3 is 0 Å². The molecule has 2 heterocycles. The van der Waals surface area contributed by atoms with E-state index in [1.165, 1.54) is 28.9 Å². The smallest absolute Gasteiger partial charge is 0.290 e. The number of rotatable bonds is 1. The SMILES string of the molecule is CN1C(=O)c2c(O)c(=O)cnn2[C@@H](C2c3cccc(F)c3CCc3c(F)cccc32)N1C. The van der Waals surface area contributed by atoms with Gasteiger partial charge in [0.15, 0.2) is 11.4 Å². The van der Waals surface area contributed by atoms with Crippen molar-refractivity contribution in [3.8, 4) is 5.75 Å². The molecule has 3 aromatic rings. The molecule has 0 saturated heterocycles. The molecule has 0 radical (unpaired) electrons. The van der Waals surface area contributed by atoms with Crippen LogP contribution in [0.2, 0.25) is 0 Å². The van der Waals surface area contributed by atoms with Gasteiger partial charge in [0.2, 0.25) is 5.43 Å². The van der Waals surface area contributed by atoms with E-state index in [2.05, 4.69) is 5.10 Å². The van der Waals surface area contributed by atoms with Crippen LogP contribution in [0.5, 0.6) is 5.75 Å². The lowest BCUT2D eigenvalue weighted by atomic mass is 9.84. The summed E-state index contributed by atoms with van der Waals surface area (Å²) < 4.78 is 31.1. The molecule has 0 saturated carbocycles. The highest BCUT2D eigenvalue weighted by atomic mass is 19.1. The van der Waals surface area contributed by atoms with Gasteiger partial charge < -0.3 is 5.11 Å². The summed E-state index contributed by atoms with van der Waals surface area (Å²) in [5.74, 6) is -2.73. The summed E-state index contributed by atoms with van der Waals surface area (Å²) in [7, 11) is 3.16. The predicted molar refractivity (Wildman–Crippen MR) is 111 cm³/mol. The van der Waals surface area contributed by atoms with Crippen LogP contribution in [0.1, 0.15) is 44.8 Å². The van der Waals surface area contributed by atoms with Gasteiger partial charge in [0, 0.05) is 20.0 Å². The molecule has 0 unspecified atom stereocenters. The minimum Gasteiger partial charge on any atom is -0.502 e. The molecule has 1 atom stereocenters. The van der Waals surface area contributed by atoms with E-state index in [-0.39, 0.29) is 17.3 Å². The van der Waals surface area contributed by atoms with Crippen LogP contribution in [-0.2, 0) is 12.8 Å². The van der Waals surface area contributed by atoms with E-state index >= 15 is 0 Å². The lowest BCUT2D eigenvalue weighted by Crippen LogP contribution is -2.54. The summed E-state index contributed by atoms with van der Waals surface area (Å²) in [6.07, 6.45) is 0.785. The first kappa shape index (κ1) is 20.3. The molecular formula is C23H20F2N4O3. The van der Waals surface area contributed by atoms with E-state index in [0.717, 1.165) is 6.20 Å². The van der Waals surface area contributed by atoms with Crippen LogP contribution >= 0.6 is 0 Å². The molecule has 0 spiro atoms. The monoisotopic (exact) mass is 438 g/mol. The van der Waals surface area contributed by atoms with Gasteiger partial charge in [-0.2, -0.15) is 10.1 Å². The maximum absolute atomic E-state index is 14.9. The summed E-state index contributed by atoms with van der Waals surface area (Å²) in [5, 5.41) is 17.4. The average Bonchev–Trinajstić information content (AvgIpc) is 2.94. The molecule has 9 heteroatoms. The fourth-order valence-electron chi connectivity index (χ4n) is 4.85. The summed E-state index contributed by atoms with van der Waals surface area (Å²) in [5.41, 5.74) is 1.17. The fourth-order valence-corrected chi connectivity index (χ4v) is 4.85. The molecule has 1 aromatic heterocycles. The largest absolute Gasteiger partial charge is 0.502 e. The Labute approximate surface area is 182 Å². The van der Waals surface area contributed by atoms with Crippen molar-refractivity contribution < 1.29 is 18.7 Å². The number of likely N-dealkylation sites (N-methyl/N-ethyl adjacent to an activating group) is 1. The zero-order chi connectivity index (χ0) is 22.7. The van der Waals surface area contributed by atoms with E-state index in [9.17, 15) is 23.5 Å². The number of aromatic hydroxyl groups is 1. The van der Waals surface area contributed by atoms with Crippen LogP contribution in [-0.4, -0.2) is 44.9 Å². The van der Waals surface area contributed by atoms with Crippen LogP contribution in [0.4, 0.5) is 8.78 Å². The third-order valence-electron chi connectivity index (χ3n) is 6.49. The lowest BCUT2D eigenvalue weighted by molar-refractivity contribution is -0.0538. The molecule has 164 valence electrons. The molecule has 1 aliphatic carbocycles. The number of nitrogens with zero attached hydrogens (tertiary/aromatic N) is 4. The van der Waals surface area contributed by atoms with Gasteiger partial charge in [0.25, 0.3) is 5.91 Å². The van der Waals surface area contributed by atoms with Crippen LogP contribution in [0.15, 0.2) is 47.4 Å². The van der Waals surface area contributed by atoms with E-state index in [1.807, 2.05) is 0 Å². The Hall–Kier alpha value is -3.59. The number of hydrogen-bond donors (Lipinski definition) is 1. The van der Waals surface area contributed by atoms with Gasteiger partial charge in [-0.05, 0) is 47.2 Å². The predicted octanol–water partition coefficient (Wildman–Crippen LogP) is 2.59. The van der Waals surface area contributed by atoms with E-state index < -0.39 is 29.2 Å². The van der Waals surface area contributed by atoms with Gasteiger partial charge in [-0.3, -0.25) is 14.6 Å². The standard InChI is InChI=1S/C23H20F2N4O3/c1-27-22(29-20(23(32)28(27)2)21(31)18(30)11-26-29)19-14-5-3-7-16(24)12(14)9-10-13-15(19)6-4-8-17(13)25/h3-8,11,19,22,31H,9-10H2,1-2H3/t22-/m0/s1. The second-order valence-electron chi connectivity index (χ2n) is 8.06. The van der Waals surface area contributed by atoms with Crippen molar-refractivity contribution in [2.24, 2.45) is 0 Å². The number of benzene rings is 2. The molecule has 2 aromatic carbocycles. The zero-order valence-electron chi connectivity index (χ0n) is 17.4. The highest BCUT2D eigenvalue weighted by Gasteiger charge is 2.44. The highest BCUT2D eigenvalue weighted by Crippen LogP contribution is 2.45. The lowest BCUT2D eigenvalue weighted by Gasteiger charge is -2.44. The van der Waals surface area contributed by atoms with E-state index in [1.54, 1.807) is 36.3 Å². The molecule has 0 bridgehead atoms. The summed E-state index contributed by atoms with van der Waals surface area (Å²) >= 11 is 0. The normalized spacial score (nSPS) is 18.7. The number of hydrogen-bond acceptors (Lipinski definition) is 5. The van der Waals surface area contributed by atoms with Crippen molar-refractivity contribution in [3.05, 3.63) is 92.4 Å². The Morgan fingerprint density at radius 3 is 2.09 bits per heavy atom. The van der Waals surface area contributed by atoms with Gasteiger partial charge in [0.1, 0.15) is 17.8 Å². The van der Waals surface area contributed by atoms with Gasteiger partial charge in [-0.15, -0.1) is 0 Å². The second-order valence-corrected chi connectivity index (χ2v) is 8.06. The average molecular weight is 438 g/mol. The van der Waals surface area contributed by atoms with Crippen molar-refractivity contribution in [2.75, 3.05) is 14.1 Å². The van der Waals surface area contributed by atoms with E-state index in [4.69, 9.17) is 0 Å². The number of aromatic nitrogens is 2. The van der Waals surface area contributed by atoms with Crippen molar-refractivity contribution in [1.29, 1.82) is 0 Å². The number of halogens is 2. The maximum Gasteiger partial charge on any atom is 0.290 e. The Balaban J connectivity index is 1.86. The molecule has 2 aliphatic rings. The Bertz CT molecular complexity index is 1270. The first-order chi connectivity index (χ1) is 15.3. The molecule has 7 nitrogen and oxygen atoms in total. The Kier molecular flexibility index (Phi) is 4.59. The molecule has 0 fully saturated rings. The molecule has 32 heavy (non-hydrogen) atoms. The van der Waals surface area contributed by atoms with Gasteiger partial charge in [0.05, 0.1) is 6.20 Å². The number of hydrazine groups is 1. The molecule has 1 aliphatic heterocycles. The van der Waals surface area contributed by atoms with Crippen LogP contribution < -0.4 is 5.43 Å². The van der Waals surface area contributed by atoms with Crippen molar-refractivity contribution in [1.82, 2.24) is 19.8 Å². The summed E-state index contributed by atoms with van der Waals surface area (Å²) in [6, 6.07) is 9.51. The van der Waals surface area contributed by atoms with Crippen LogP contribution in [0, 0.1) is 11.6 Å². The highest BCUT2D eigenvalue weighted by molar-refractivity contribution is 5.95. The van der Waals surface area contributed by atoms with Crippen molar-refractivity contribution in [2.45, 2.75) is 24.9 Å².